The zero-order valence-electron chi connectivity index (χ0n) is 11.4. The van der Waals surface area contributed by atoms with E-state index in [1.54, 1.807) is 0 Å². The van der Waals surface area contributed by atoms with E-state index in [1.165, 1.54) is 20.2 Å². The Bertz CT molecular complexity index is 735. The molecule has 1 aromatic rings. The van der Waals surface area contributed by atoms with Crippen molar-refractivity contribution in [2.45, 2.75) is 0 Å². The van der Waals surface area contributed by atoms with Crippen LogP contribution >= 0.6 is 0 Å². The number of phenols is 2. The van der Waals surface area contributed by atoms with Crippen molar-refractivity contribution in [2.24, 2.45) is 0 Å². The number of hydrogen-bond acceptors (Lipinski definition) is 7. The lowest BCUT2D eigenvalue weighted by molar-refractivity contribution is -0.388. The second-order valence-corrected chi connectivity index (χ2v) is 4.25. The van der Waals surface area contributed by atoms with E-state index < -0.39 is 50.7 Å². The van der Waals surface area contributed by atoms with Gasteiger partial charge in [0.2, 0.25) is 11.6 Å². The summed E-state index contributed by atoms with van der Waals surface area (Å²) >= 11 is 0. The summed E-state index contributed by atoms with van der Waals surface area (Å²) in [6.07, 6.45) is 0. The zero-order valence-corrected chi connectivity index (χ0v) is 11.4. The fraction of sp³-hybridized carbons (Fsp3) is 0.167. The van der Waals surface area contributed by atoms with Gasteiger partial charge in [0.05, 0.1) is 10.5 Å². The summed E-state index contributed by atoms with van der Waals surface area (Å²) in [5.41, 5.74) is -3.34. The van der Waals surface area contributed by atoms with Crippen LogP contribution in [0.1, 0.15) is 5.56 Å². The monoisotopic (exact) mass is 311 g/mol. The Kier molecular flexibility index (Phi) is 4.53. The number of nitrogens with zero attached hydrogens (tertiary/aromatic N) is 3. The number of likely N-dealkylation sites (N-methyl/N-ethyl adjacent to an activating group) is 1. The van der Waals surface area contributed by atoms with Crippen LogP contribution in [-0.4, -0.2) is 45.1 Å². The molecule has 0 aromatic heterocycles. The molecule has 10 heteroatoms. The van der Waals surface area contributed by atoms with Crippen LogP contribution in [0.4, 0.5) is 10.1 Å². The molecule has 0 saturated heterocycles. The van der Waals surface area contributed by atoms with E-state index in [2.05, 4.69) is 0 Å². The van der Waals surface area contributed by atoms with Crippen LogP contribution in [0.3, 0.4) is 0 Å². The van der Waals surface area contributed by atoms with Gasteiger partial charge in [-0.05, 0) is 6.07 Å². The first-order valence-electron chi connectivity index (χ1n) is 5.57. The molecule has 1 amide bonds. The smallest absolute Gasteiger partial charge is 0.350 e. The Hall–Kier alpha value is -3.35. The van der Waals surface area contributed by atoms with E-state index >= 15 is 0 Å². The SMILES string of the molecule is CN(C)C(=O)/C(C#N)=C(\O)c1cc(O)c(O)c([N+](=O)[O-])c1F. The van der Waals surface area contributed by atoms with Gasteiger partial charge >= 0.3 is 5.69 Å². The number of halogens is 1. The Balaban J connectivity index is 3.74. The van der Waals surface area contributed by atoms with Gasteiger partial charge in [0.1, 0.15) is 11.8 Å². The molecule has 0 aliphatic rings. The van der Waals surface area contributed by atoms with Crippen LogP contribution in [-0.2, 0) is 4.79 Å². The third-order valence-electron chi connectivity index (χ3n) is 2.60. The number of carbonyl (C=O) groups is 1. The number of phenolic OH excluding ortho intramolecular Hbond substituents is 2. The summed E-state index contributed by atoms with van der Waals surface area (Å²) in [7, 11) is 2.53. The fourth-order valence-electron chi connectivity index (χ4n) is 1.52. The molecule has 1 rings (SSSR count). The second kappa shape index (κ2) is 5.96. The normalized spacial score (nSPS) is 11.4. The largest absolute Gasteiger partial charge is 0.506 e. The van der Waals surface area contributed by atoms with Crippen molar-refractivity contribution in [1.29, 1.82) is 5.26 Å². The quantitative estimate of drug-likeness (QED) is 0.188. The maximum atomic E-state index is 14.0. The van der Waals surface area contributed by atoms with Crippen molar-refractivity contribution in [3.63, 3.8) is 0 Å². The molecule has 0 unspecified atom stereocenters. The van der Waals surface area contributed by atoms with Crippen LogP contribution in [0.2, 0.25) is 0 Å². The van der Waals surface area contributed by atoms with E-state index in [1.807, 2.05) is 0 Å². The van der Waals surface area contributed by atoms with Crippen molar-refractivity contribution < 1.29 is 29.4 Å². The van der Waals surface area contributed by atoms with Crippen LogP contribution in [0.25, 0.3) is 5.76 Å². The lowest BCUT2D eigenvalue weighted by Gasteiger charge is -2.11. The minimum absolute atomic E-state index is 0.466. The van der Waals surface area contributed by atoms with Crippen LogP contribution < -0.4 is 0 Å². The molecule has 9 nitrogen and oxygen atoms in total. The summed E-state index contributed by atoms with van der Waals surface area (Å²) in [6.45, 7) is 0. The predicted octanol–water partition coefficient (Wildman–Crippen LogP) is 1.03. The highest BCUT2D eigenvalue weighted by molar-refractivity contribution is 6.03. The lowest BCUT2D eigenvalue weighted by Crippen LogP contribution is -2.24. The Morgan fingerprint density at radius 2 is 2.00 bits per heavy atom. The minimum Gasteiger partial charge on any atom is -0.506 e. The van der Waals surface area contributed by atoms with E-state index in [4.69, 9.17) is 5.26 Å². The molecule has 0 saturated carbocycles. The van der Waals surface area contributed by atoms with E-state index in [-0.39, 0.29) is 0 Å². The minimum atomic E-state index is -1.70. The third kappa shape index (κ3) is 2.73. The maximum Gasteiger partial charge on any atom is 0.350 e. The highest BCUT2D eigenvalue weighted by Crippen LogP contribution is 2.41. The van der Waals surface area contributed by atoms with Crippen molar-refractivity contribution in [3.8, 4) is 17.6 Å². The molecule has 0 atom stereocenters. The van der Waals surface area contributed by atoms with Gasteiger partial charge in [0, 0.05) is 14.1 Å². The molecule has 3 N–H and O–H groups in total. The van der Waals surface area contributed by atoms with Gasteiger partial charge in [0.25, 0.3) is 5.91 Å². The second-order valence-electron chi connectivity index (χ2n) is 4.25. The molecule has 0 bridgehead atoms. The lowest BCUT2D eigenvalue weighted by atomic mass is 10.1. The maximum absolute atomic E-state index is 14.0. The number of aromatic hydroxyl groups is 2. The van der Waals surface area contributed by atoms with Gasteiger partial charge in [0.15, 0.2) is 11.3 Å². The van der Waals surface area contributed by atoms with E-state index in [9.17, 15) is 34.6 Å². The Morgan fingerprint density at radius 1 is 1.45 bits per heavy atom. The number of nitro benzene ring substituents is 1. The fourth-order valence-corrected chi connectivity index (χ4v) is 1.52. The number of benzene rings is 1. The summed E-state index contributed by atoms with van der Waals surface area (Å²) in [5.74, 6) is -6.30. The number of aliphatic hydroxyl groups is 1. The molecule has 0 heterocycles. The number of nitro groups is 1. The van der Waals surface area contributed by atoms with Crippen molar-refractivity contribution in [2.75, 3.05) is 14.1 Å². The molecular formula is C12H10FN3O6. The number of hydrogen-bond donors (Lipinski definition) is 3. The molecule has 1 aromatic carbocycles. The van der Waals surface area contributed by atoms with Crippen LogP contribution in [0.15, 0.2) is 11.6 Å². The molecule has 0 spiro atoms. The number of amides is 1. The molecule has 0 aliphatic heterocycles. The molecule has 116 valence electrons. The number of rotatable bonds is 3. The first-order valence-corrected chi connectivity index (χ1v) is 5.57. The molecular weight excluding hydrogens is 301 g/mol. The first-order chi connectivity index (χ1) is 10.1. The number of aliphatic hydroxyl groups excluding tert-OH is 1. The molecule has 0 fully saturated rings. The Morgan fingerprint density at radius 3 is 2.41 bits per heavy atom. The van der Waals surface area contributed by atoms with E-state index in [0.717, 1.165) is 4.90 Å². The summed E-state index contributed by atoms with van der Waals surface area (Å²) < 4.78 is 14.0. The molecule has 0 radical (unpaired) electrons. The summed E-state index contributed by atoms with van der Waals surface area (Å²) in [5, 5.41) is 48.1. The van der Waals surface area contributed by atoms with Crippen LogP contribution in [0.5, 0.6) is 11.5 Å². The van der Waals surface area contributed by atoms with Crippen LogP contribution in [0, 0.1) is 27.3 Å². The van der Waals surface area contributed by atoms with E-state index in [0.29, 0.717) is 6.07 Å². The average Bonchev–Trinajstić information content (AvgIpc) is 2.42. The van der Waals surface area contributed by atoms with Gasteiger partial charge in [-0.1, -0.05) is 0 Å². The Labute approximate surface area is 122 Å². The number of nitriles is 1. The third-order valence-corrected chi connectivity index (χ3v) is 2.60. The summed E-state index contributed by atoms with van der Waals surface area (Å²) in [6, 6.07) is 1.81. The van der Waals surface area contributed by atoms with Gasteiger partial charge in [-0.2, -0.15) is 9.65 Å². The van der Waals surface area contributed by atoms with Crippen molar-refractivity contribution >= 4 is 17.4 Å². The molecule has 22 heavy (non-hydrogen) atoms. The van der Waals surface area contributed by atoms with Gasteiger partial charge in [-0.3, -0.25) is 14.9 Å². The van der Waals surface area contributed by atoms with Gasteiger partial charge in [-0.25, -0.2) is 0 Å². The first kappa shape index (κ1) is 16.7. The number of carbonyl (C=O) groups excluding carboxylic acids is 1. The standard InChI is InChI=1S/C12H10FN3O6/c1-15(2)12(20)6(4-14)10(18)5-3-7(17)11(19)9(8(5)13)16(21)22/h3,17-19H,1-2H3/b10-6-. The highest BCUT2D eigenvalue weighted by Gasteiger charge is 2.31. The van der Waals surface area contributed by atoms with Crippen molar-refractivity contribution in [3.05, 3.63) is 33.1 Å². The predicted molar refractivity (Wildman–Crippen MR) is 70.2 cm³/mol. The molecule has 0 aliphatic carbocycles. The highest BCUT2D eigenvalue weighted by atomic mass is 19.1. The van der Waals surface area contributed by atoms with Gasteiger partial charge < -0.3 is 20.2 Å². The topological polar surface area (TPSA) is 148 Å². The average molecular weight is 311 g/mol. The zero-order chi connectivity index (χ0) is 17.2. The summed E-state index contributed by atoms with van der Waals surface area (Å²) in [4.78, 5) is 22.0. The van der Waals surface area contributed by atoms with Crippen molar-refractivity contribution in [1.82, 2.24) is 4.90 Å². The van der Waals surface area contributed by atoms with Gasteiger partial charge in [-0.15, -0.1) is 0 Å².